The number of benzene rings is 1. The van der Waals surface area contributed by atoms with Gasteiger partial charge in [-0.15, -0.1) is 21.5 Å². The van der Waals surface area contributed by atoms with Gasteiger partial charge < -0.3 is 9.47 Å². The van der Waals surface area contributed by atoms with Gasteiger partial charge in [0.05, 0.1) is 16.2 Å². The van der Waals surface area contributed by atoms with Gasteiger partial charge in [-0.05, 0) is 36.1 Å². The van der Waals surface area contributed by atoms with Gasteiger partial charge in [0, 0.05) is 20.1 Å². The number of thioether (sulfide) groups is 1. The molecule has 0 unspecified atom stereocenters. The van der Waals surface area contributed by atoms with Crippen LogP contribution in [0.5, 0.6) is 0 Å². The fraction of sp³-hybridized carbons (Fsp3) is 0.316. The van der Waals surface area contributed by atoms with Crippen LogP contribution >= 0.6 is 23.1 Å². The van der Waals surface area contributed by atoms with Gasteiger partial charge in [-0.1, -0.05) is 30.0 Å². The molecule has 0 aliphatic heterocycles. The van der Waals surface area contributed by atoms with E-state index in [4.69, 9.17) is 0 Å². The lowest BCUT2D eigenvalue weighted by atomic mass is 10.1. The van der Waals surface area contributed by atoms with Crippen molar-refractivity contribution in [2.45, 2.75) is 31.3 Å². The lowest BCUT2D eigenvalue weighted by Crippen LogP contribution is -2.28. The molecular formula is C19H19F3N4OS2. The fourth-order valence-corrected chi connectivity index (χ4v) is 4.33. The molecule has 10 heteroatoms. The number of alkyl halides is 3. The summed E-state index contributed by atoms with van der Waals surface area (Å²) in [5, 5.41) is 11.1. The first-order chi connectivity index (χ1) is 13.8. The SMILES string of the molecule is CCn1c(SCC(=O)N(C)Cc2ccc(C(F)(F)F)cc2)nnc1-c1cccs1. The molecule has 0 aliphatic rings. The van der Waals surface area contributed by atoms with Crippen LogP contribution in [-0.2, 0) is 24.1 Å². The molecule has 0 atom stereocenters. The summed E-state index contributed by atoms with van der Waals surface area (Å²) in [6.07, 6.45) is -4.37. The molecule has 2 heterocycles. The van der Waals surface area contributed by atoms with Gasteiger partial charge in [-0.25, -0.2) is 0 Å². The minimum absolute atomic E-state index is 0.141. The van der Waals surface area contributed by atoms with Crippen LogP contribution in [0.1, 0.15) is 18.1 Å². The van der Waals surface area contributed by atoms with E-state index in [2.05, 4.69) is 10.2 Å². The number of rotatable bonds is 7. The van der Waals surface area contributed by atoms with E-state index in [-0.39, 0.29) is 18.2 Å². The van der Waals surface area contributed by atoms with Gasteiger partial charge in [0.25, 0.3) is 0 Å². The van der Waals surface area contributed by atoms with Gasteiger partial charge in [0.15, 0.2) is 11.0 Å². The Bertz CT molecular complexity index is 953. The van der Waals surface area contributed by atoms with E-state index in [0.29, 0.717) is 17.3 Å². The molecule has 29 heavy (non-hydrogen) atoms. The summed E-state index contributed by atoms with van der Waals surface area (Å²) in [5.41, 5.74) is -0.0678. The standard InChI is InChI=1S/C19H19F3N4OS2/c1-3-26-17(15-5-4-10-28-15)23-24-18(26)29-12-16(27)25(2)11-13-6-8-14(9-7-13)19(20,21)22/h4-10H,3,11-12H2,1-2H3. The third-order valence-electron chi connectivity index (χ3n) is 4.23. The topological polar surface area (TPSA) is 51.0 Å². The molecule has 1 aromatic carbocycles. The average Bonchev–Trinajstić information content (AvgIpc) is 3.34. The summed E-state index contributed by atoms with van der Waals surface area (Å²) in [4.78, 5) is 15.0. The highest BCUT2D eigenvalue weighted by Gasteiger charge is 2.30. The summed E-state index contributed by atoms with van der Waals surface area (Å²) in [6.45, 7) is 2.90. The number of nitrogens with zero attached hydrogens (tertiary/aromatic N) is 4. The summed E-state index contributed by atoms with van der Waals surface area (Å²) < 4.78 is 39.9. The monoisotopic (exact) mass is 440 g/mol. The smallest absolute Gasteiger partial charge is 0.341 e. The molecule has 3 rings (SSSR count). The third-order valence-corrected chi connectivity index (χ3v) is 6.04. The Balaban J connectivity index is 1.59. The molecular weight excluding hydrogens is 421 g/mol. The molecule has 0 radical (unpaired) electrons. The highest BCUT2D eigenvalue weighted by molar-refractivity contribution is 7.99. The van der Waals surface area contributed by atoms with Crippen molar-refractivity contribution >= 4 is 29.0 Å². The van der Waals surface area contributed by atoms with Crippen LogP contribution < -0.4 is 0 Å². The highest BCUT2D eigenvalue weighted by Crippen LogP contribution is 2.29. The van der Waals surface area contributed by atoms with Crippen LogP contribution in [0.2, 0.25) is 0 Å². The van der Waals surface area contributed by atoms with E-state index in [1.54, 1.807) is 18.4 Å². The van der Waals surface area contributed by atoms with Crippen molar-refractivity contribution in [2.75, 3.05) is 12.8 Å². The van der Waals surface area contributed by atoms with Crippen molar-refractivity contribution in [1.82, 2.24) is 19.7 Å². The molecule has 5 nitrogen and oxygen atoms in total. The van der Waals surface area contributed by atoms with Gasteiger partial charge >= 0.3 is 6.18 Å². The molecule has 1 amide bonds. The first-order valence-electron chi connectivity index (χ1n) is 8.79. The Hall–Kier alpha value is -2.33. The van der Waals surface area contributed by atoms with Crippen LogP contribution in [0, 0.1) is 0 Å². The number of aromatic nitrogens is 3. The maximum Gasteiger partial charge on any atom is 0.416 e. The fourth-order valence-electron chi connectivity index (χ4n) is 2.67. The van der Waals surface area contributed by atoms with Crippen molar-refractivity contribution in [3.63, 3.8) is 0 Å². The number of carbonyl (C=O) groups is 1. The molecule has 0 saturated carbocycles. The zero-order valence-corrected chi connectivity index (χ0v) is 17.4. The van der Waals surface area contributed by atoms with Crippen LogP contribution in [0.15, 0.2) is 46.9 Å². The van der Waals surface area contributed by atoms with E-state index in [1.165, 1.54) is 28.8 Å². The lowest BCUT2D eigenvalue weighted by Gasteiger charge is -2.17. The second-order valence-electron chi connectivity index (χ2n) is 6.26. The van der Waals surface area contributed by atoms with Crippen LogP contribution in [0.4, 0.5) is 13.2 Å². The first-order valence-corrected chi connectivity index (χ1v) is 10.7. The van der Waals surface area contributed by atoms with Crippen molar-refractivity contribution in [1.29, 1.82) is 0 Å². The van der Waals surface area contributed by atoms with Crippen molar-refractivity contribution in [3.8, 4) is 10.7 Å². The molecule has 3 aromatic rings. The third kappa shape index (κ3) is 5.18. The summed E-state index contributed by atoms with van der Waals surface area (Å²) in [5.74, 6) is 0.800. The summed E-state index contributed by atoms with van der Waals surface area (Å²) >= 11 is 2.87. The van der Waals surface area contributed by atoms with E-state index >= 15 is 0 Å². The van der Waals surface area contributed by atoms with Crippen molar-refractivity contribution < 1.29 is 18.0 Å². The summed E-state index contributed by atoms with van der Waals surface area (Å²) in [6, 6.07) is 8.75. The minimum Gasteiger partial charge on any atom is -0.341 e. The predicted molar refractivity (Wildman–Crippen MR) is 108 cm³/mol. The first kappa shape index (κ1) is 21.4. The van der Waals surface area contributed by atoms with Gasteiger partial charge in [-0.3, -0.25) is 4.79 Å². The average molecular weight is 441 g/mol. The van der Waals surface area contributed by atoms with E-state index < -0.39 is 11.7 Å². The molecule has 0 spiro atoms. The molecule has 154 valence electrons. The number of amides is 1. The Kier molecular flexibility index (Phi) is 6.63. The van der Waals surface area contributed by atoms with Crippen molar-refractivity contribution in [3.05, 3.63) is 52.9 Å². The Morgan fingerprint density at radius 3 is 2.52 bits per heavy atom. The van der Waals surface area contributed by atoms with E-state index in [0.717, 1.165) is 22.8 Å². The second-order valence-corrected chi connectivity index (χ2v) is 8.15. The normalized spacial score (nSPS) is 11.6. The number of hydrogen-bond acceptors (Lipinski definition) is 5. The summed E-state index contributed by atoms with van der Waals surface area (Å²) in [7, 11) is 1.63. The minimum atomic E-state index is -4.37. The molecule has 2 aromatic heterocycles. The Morgan fingerprint density at radius 1 is 1.21 bits per heavy atom. The van der Waals surface area contributed by atoms with Crippen LogP contribution in [-0.4, -0.2) is 38.4 Å². The van der Waals surface area contributed by atoms with Gasteiger partial charge in [0.1, 0.15) is 0 Å². The predicted octanol–water partition coefficient (Wildman–Crippen LogP) is 4.80. The zero-order valence-electron chi connectivity index (χ0n) is 15.8. The van der Waals surface area contributed by atoms with Gasteiger partial charge in [-0.2, -0.15) is 13.2 Å². The lowest BCUT2D eigenvalue weighted by molar-refractivity contribution is -0.137. The number of carbonyl (C=O) groups excluding carboxylic acids is 1. The van der Waals surface area contributed by atoms with Crippen LogP contribution in [0.25, 0.3) is 10.7 Å². The number of thiophene rings is 1. The zero-order chi connectivity index (χ0) is 21.0. The molecule has 0 fully saturated rings. The van der Waals surface area contributed by atoms with E-state index in [9.17, 15) is 18.0 Å². The number of halogens is 3. The molecule has 0 bridgehead atoms. The quantitative estimate of drug-likeness (QED) is 0.496. The molecule has 0 aliphatic carbocycles. The maximum absolute atomic E-state index is 12.6. The largest absolute Gasteiger partial charge is 0.416 e. The molecule has 0 N–H and O–H groups in total. The number of hydrogen-bond donors (Lipinski definition) is 0. The van der Waals surface area contributed by atoms with E-state index in [1.807, 2.05) is 29.0 Å². The molecule has 0 saturated heterocycles. The maximum atomic E-state index is 12.6. The highest BCUT2D eigenvalue weighted by atomic mass is 32.2. The van der Waals surface area contributed by atoms with Gasteiger partial charge in [0.2, 0.25) is 5.91 Å². The Labute approximate surface area is 174 Å². The van der Waals surface area contributed by atoms with Crippen LogP contribution in [0.3, 0.4) is 0 Å². The second kappa shape index (κ2) is 9.00. The Morgan fingerprint density at radius 2 is 1.93 bits per heavy atom. The van der Waals surface area contributed by atoms with Crippen molar-refractivity contribution in [2.24, 2.45) is 0 Å².